The second-order valence-corrected chi connectivity index (χ2v) is 8.05. The molecule has 7 heteroatoms. The van der Waals surface area contributed by atoms with Crippen LogP contribution < -0.4 is 5.32 Å². The maximum atomic E-state index is 12.4. The predicted molar refractivity (Wildman–Crippen MR) is 123 cm³/mol. The van der Waals surface area contributed by atoms with Gasteiger partial charge in [0, 0.05) is 24.5 Å². The number of aromatic nitrogens is 4. The fourth-order valence-corrected chi connectivity index (χ4v) is 3.97. The highest BCUT2D eigenvalue weighted by molar-refractivity contribution is 7.99. The van der Waals surface area contributed by atoms with Crippen LogP contribution in [0.5, 0.6) is 0 Å². The molecule has 6 nitrogen and oxygen atoms in total. The number of carbonyl (C=O) groups excluding carboxylic acids is 1. The Morgan fingerprint density at radius 2 is 1.71 bits per heavy atom. The van der Waals surface area contributed by atoms with Gasteiger partial charge in [-0.25, -0.2) is 0 Å². The molecule has 0 unspecified atom stereocenters. The smallest absolute Gasteiger partial charge is 0.230 e. The van der Waals surface area contributed by atoms with E-state index in [1.54, 1.807) is 12.4 Å². The van der Waals surface area contributed by atoms with Crippen LogP contribution in [-0.2, 0) is 17.9 Å². The molecule has 2 aromatic carbocycles. The molecular formula is C24H23N5OS. The summed E-state index contributed by atoms with van der Waals surface area (Å²) in [6.45, 7) is 3.19. The van der Waals surface area contributed by atoms with Gasteiger partial charge in [0.2, 0.25) is 5.91 Å². The van der Waals surface area contributed by atoms with Gasteiger partial charge in [0.05, 0.1) is 12.3 Å². The molecule has 2 aromatic heterocycles. The van der Waals surface area contributed by atoms with Crippen molar-refractivity contribution in [3.63, 3.8) is 0 Å². The fraction of sp³-hybridized carbons (Fsp3) is 0.167. The highest BCUT2D eigenvalue weighted by Gasteiger charge is 2.16. The van der Waals surface area contributed by atoms with Crippen LogP contribution in [0.15, 0.2) is 84.3 Å². The first kappa shape index (κ1) is 20.8. The van der Waals surface area contributed by atoms with Crippen molar-refractivity contribution >= 4 is 17.7 Å². The van der Waals surface area contributed by atoms with Gasteiger partial charge in [0.1, 0.15) is 0 Å². The summed E-state index contributed by atoms with van der Waals surface area (Å²) in [4.78, 5) is 16.5. The molecule has 31 heavy (non-hydrogen) atoms. The zero-order valence-electron chi connectivity index (χ0n) is 17.2. The van der Waals surface area contributed by atoms with E-state index in [1.165, 1.54) is 17.3 Å². The number of thioether (sulfide) groups is 1. The van der Waals surface area contributed by atoms with Crippen molar-refractivity contribution in [2.24, 2.45) is 0 Å². The molecule has 0 aliphatic carbocycles. The number of nitrogens with one attached hydrogen (secondary N) is 1. The Balaban J connectivity index is 1.48. The molecule has 0 fully saturated rings. The number of nitrogens with zero attached hydrogens (tertiary/aromatic N) is 4. The third-order valence-electron chi connectivity index (χ3n) is 4.91. The third-order valence-corrected chi connectivity index (χ3v) is 5.88. The van der Waals surface area contributed by atoms with Gasteiger partial charge in [-0.3, -0.25) is 14.3 Å². The molecule has 0 atom stereocenters. The van der Waals surface area contributed by atoms with E-state index in [4.69, 9.17) is 0 Å². The van der Waals surface area contributed by atoms with Crippen LogP contribution in [0.1, 0.15) is 16.7 Å². The van der Waals surface area contributed by atoms with Crippen LogP contribution in [-0.4, -0.2) is 31.4 Å². The first-order valence-corrected chi connectivity index (χ1v) is 11.0. The Kier molecular flexibility index (Phi) is 6.74. The third kappa shape index (κ3) is 5.38. The van der Waals surface area contributed by atoms with Crippen LogP contribution in [0.2, 0.25) is 0 Å². The van der Waals surface area contributed by atoms with Crippen molar-refractivity contribution < 1.29 is 4.79 Å². The summed E-state index contributed by atoms with van der Waals surface area (Å²) < 4.78 is 2.05. The standard InChI is InChI=1S/C24H23N5OS/c1-18-7-5-6-10-21(18)15-26-22(30)17-31-24-28-27-23(20-11-13-25-14-12-20)29(24)16-19-8-3-2-4-9-19/h2-14H,15-17H2,1H3,(H,26,30). The molecule has 156 valence electrons. The number of pyridine rings is 1. The molecule has 0 radical (unpaired) electrons. The molecule has 4 rings (SSSR count). The van der Waals surface area contributed by atoms with Crippen LogP contribution in [0.25, 0.3) is 11.4 Å². The molecule has 2 heterocycles. The normalized spacial score (nSPS) is 10.7. The van der Waals surface area contributed by atoms with Gasteiger partial charge in [-0.05, 0) is 35.7 Å². The average Bonchev–Trinajstić information content (AvgIpc) is 3.20. The summed E-state index contributed by atoms with van der Waals surface area (Å²) in [6.07, 6.45) is 3.48. The molecule has 1 N–H and O–H groups in total. The van der Waals surface area contributed by atoms with Crippen LogP contribution in [0.3, 0.4) is 0 Å². The lowest BCUT2D eigenvalue weighted by molar-refractivity contribution is -0.118. The van der Waals surface area contributed by atoms with Crippen LogP contribution >= 0.6 is 11.8 Å². The minimum Gasteiger partial charge on any atom is -0.351 e. The zero-order chi connectivity index (χ0) is 21.5. The highest BCUT2D eigenvalue weighted by atomic mass is 32.2. The lowest BCUT2D eigenvalue weighted by Gasteiger charge is -2.11. The summed E-state index contributed by atoms with van der Waals surface area (Å²) in [5.41, 5.74) is 4.37. The van der Waals surface area contributed by atoms with Gasteiger partial charge < -0.3 is 5.32 Å². The van der Waals surface area contributed by atoms with Crippen molar-refractivity contribution in [1.82, 2.24) is 25.1 Å². The molecule has 0 saturated carbocycles. The number of amides is 1. The summed E-state index contributed by atoms with van der Waals surface area (Å²) in [5.74, 6) is 0.997. The SMILES string of the molecule is Cc1ccccc1CNC(=O)CSc1nnc(-c2ccncc2)n1Cc1ccccc1. The number of benzene rings is 2. The van der Waals surface area contributed by atoms with E-state index < -0.39 is 0 Å². The maximum Gasteiger partial charge on any atom is 0.230 e. The van der Waals surface area contributed by atoms with E-state index in [0.29, 0.717) is 18.2 Å². The Morgan fingerprint density at radius 3 is 2.48 bits per heavy atom. The zero-order valence-corrected chi connectivity index (χ0v) is 18.0. The lowest BCUT2D eigenvalue weighted by atomic mass is 10.1. The topological polar surface area (TPSA) is 72.7 Å². The second-order valence-electron chi connectivity index (χ2n) is 7.11. The van der Waals surface area contributed by atoms with E-state index in [1.807, 2.05) is 66.1 Å². The summed E-state index contributed by atoms with van der Waals surface area (Å²) in [7, 11) is 0. The molecule has 0 saturated heterocycles. The molecule has 0 spiro atoms. The van der Waals surface area contributed by atoms with E-state index in [0.717, 1.165) is 22.5 Å². The average molecular weight is 430 g/mol. The lowest BCUT2D eigenvalue weighted by Crippen LogP contribution is -2.25. The number of hydrogen-bond acceptors (Lipinski definition) is 5. The number of carbonyl (C=O) groups is 1. The number of aryl methyl sites for hydroxylation is 1. The monoisotopic (exact) mass is 429 g/mol. The van der Waals surface area contributed by atoms with Gasteiger partial charge in [-0.15, -0.1) is 10.2 Å². The van der Waals surface area contributed by atoms with Crippen molar-refractivity contribution in [3.8, 4) is 11.4 Å². The van der Waals surface area contributed by atoms with Gasteiger partial charge in [-0.2, -0.15) is 0 Å². The van der Waals surface area contributed by atoms with Crippen LogP contribution in [0, 0.1) is 6.92 Å². The van der Waals surface area contributed by atoms with Gasteiger partial charge in [0.25, 0.3) is 0 Å². The highest BCUT2D eigenvalue weighted by Crippen LogP contribution is 2.24. The number of rotatable bonds is 8. The minimum atomic E-state index is -0.0343. The minimum absolute atomic E-state index is 0.0343. The molecule has 1 amide bonds. The summed E-state index contributed by atoms with van der Waals surface area (Å²) in [5, 5.41) is 12.5. The van der Waals surface area contributed by atoms with E-state index in [2.05, 4.69) is 32.6 Å². The van der Waals surface area contributed by atoms with E-state index in [9.17, 15) is 4.79 Å². The molecule has 0 aliphatic heterocycles. The Hall–Kier alpha value is -3.45. The molecule has 0 aliphatic rings. The van der Waals surface area contributed by atoms with Crippen molar-refractivity contribution in [2.75, 3.05) is 5.75 Å². The van der Waals surface area contributed by atoms with Gasteiger partial charge >= 0.3 is 0 Å². The molecule has 0 bridgehead atoms. The van der Waals surface area contributed by atoms with E-state index >= 15 is 0 Å². The van der Waals surface area contributed by atoms with Crippen LogP contribution in [0.4, 0.5) is 0 Å². The largest absolute Gasteiger partial charge is 0.351 e. The van der Waals surface area contributed by atoms with Gasteiger partial charge in [0.15, 0.2) is 11.0 Å². The van der Waals surface area contributed by atoms with Crippen molar-refractivity contribution in [3.05, 3.63) is 95.8 Å². The Labute approximate surface area is 185 Å². The predicted octanol–water partition coefficient (Wildman–Crippen LogP) is 4.11. The number of hydrogen-bond donors (Lipinski definition) is 1. The maximum absolute atomic E-state index is 12.4. The Bertz CT molecular complexity index is 1150. The summed E-state index contributed by atoms with van der Waals surface area (Å²) in [6, 6.07) is 22.0. The van der Waals surface area contributed by atoms with Gasteiger partial charge in [-0.1, -0.05) is 66.4 Å². The molecular weight excluding hydrogens is 406 g/mol. The van der Waals surface area contributed by atoms with E-state index in [-0.39, 0.29) is 11.7 Å². The van der Waals surface area contributed by atoms with Crippen molar-refractivity contribution in [1.29, 1.82) is 0 Å². The Morgan fingerprint density at radius 1 is 0.968 bits per heavy atom. The van der Waals surface area contributed by atoms with Crippen molar-refractivity contribution in [2.45, 2.75) is 25.2 Å². The first-order chi connectivity index (χ1) is 15.2. The quantitative estimate of drug-likeness (QED) is 0.427. The first-order valence-electron chi connectivity index (χ1n) is 10.0. The second kappa shape index (κ2) is 10.0. The molecule has 4 aromatic rings. The summed E-state index contributed by atoms with van der Waals surface area (Å²) >= 11 is 1.39. The fourth-order valence-electron chi connectivity index (χ4n) is 3.20.